The summed E-state index contributed by atoms with van der Waals surface area (Å²) in [6.45, 7) is 6.58. The van der Waals surface area contributed by atoms with Gasteiger partial charge in [-0.25, -0.2) is 0 Å². The molecular weight excluding hydrogens is 236 g/mol. The number of nitrogens with zero attached hydrogens (tertiary/aromatic N) is 2. The van der Waals surface area contributed by atoms with Crippen molar-refractivity contribution in [1.82, 2.24) is 4.90 Å². The molecule has 0 heterocycles. The molecule has 0 saturated heterocycles. The van der Waals surface area contributed by atoms with Crippen molar-refractivity contribution in [2.45, 2.75) is 33.2 Å². The van der Waals surface area contributed by atoms with E-state index in [0.717, 1.165) is 25.9 Å². The van der Waals surface area contributed by atoms with Crippen LogP contribution in [0.2, 0.25) is 0 Å². The van der Waals surface area contributed by atoms with Gasteiger partial charge in [-0.1, -0.05) is 30.3 Å². The molecule has 0 spiro atoms. The summed E-state index contributed by atoms with van der Waals surface area (Å²) < 4.78 is 0. The molecule has 0 aromatic heterocycles. The first-order valence-electron chi connectivity index (χ1n) is 6.86. The number of hydrogen-bond donors (Lipinski definition) is 1. The molecule has 0 bridgehead atoms. The summed E-state index contributed by atoms with van der Waals surface area (Å²) in [5, 5.41) is 18.1. The van der Waals surface area contributed by atoms with Gasteiger partial charge in [0.15, 0.2) is 0 Å². The molecule has 0 amide bonds. The van der Waals surface area contributed by atoms with E-state index < -0.39 is 0 Å². The molecule has 104 valence electrons. The zero-order chi connectivity index (χ0) is 14.1. The summed E-state index contributed by atoms with van der Waals surface area (Å²) >= 11 is 0. The van der Waals surface area contributed by atoms with Crippen molar-refractivity contribution < 1.29 is 5.11 Å². The zero-order valence-corrected chi connectivity index (χ0v) is 12.0. The predicted molar refractivity (Wildman–Crippen MR) is 77.4 cm³/mol. The largest absolute Gasteiger partial charge is 0.395 e. The molecule has 3 heteroatoms. The van der Waals surface area contributed by atoms with Gasteiger partial charge in [0.05, 0.1) is 18.1 Å². The molecule has 0 aliphatic carbocycles. The predicted octanol–water partition coefficient (Wildman–Crippen LogP) is 2.81. The lowest BCUT2D eigenvalue weighted by Gasteiger charge is -2.23. The number of aliphatic hydroxyl groups excluding tert-OH is 1. The smallest absolute Gasteiger partial charge is 0.0683 e. The monoisotopic (exact) mass is 260 g/mol. The Morgan fingerprint density at radius 1 is 1.21 bits per heavy atom. The Balaban J connectivity index is 2.43. The van der Waals surface area contributed by atoms with Crippen molar-refractivity contribution in [2.24, 2.45) is 5.41 Å². The first kappa shape index (κ1) is 15.7. The molecule has 1 rings (SSSR count). The SMILES string of the molecule is CC(C)(C#N)CCCN(CCO)Cc1ccccc1. The molecule has 0 radical (unpaired) electrons. The van der Waals surface area contributed by atoms with Crippen LogP contribution >= 0.6 is 0 Å². The van der Waals surface area contributed by atoms with Crippen LogP contribution in [-0.2, 0) is 6.54 Å². The minimum atomic E-state index is -0.252. The van der Waals surface area contributed by atoms with Crippen LogP contribution in [0.25, 0.3) is 0 Å². The molecule has 0 unspecified atom stereocenters. The zero-order valence-electron chi connectivity index (χ0n) is 12.0. The van der Waals surface area contributed by atoms with Crippen molar-refractivity contribution in [3.8, 4) is 6.07 Å². The van der Waals surface area contributed by atoms with E-state index in [-0.39, 0.29) is 12.0 Å². The highest BCUT2D eigenvalue weighted by atomic mass is 16.3. The van der Waals surface area contributed by atoms with Crippen molar-refractivity contribution in [2.75, 3.05) is 19.7 Å². The number of aliphatic hydroxyl groups is 1. The molecule has 1 aromatic carbocycles. The minimum absolute atomic E-state index is 0.175. The highest BCUT2D eigenvalue weighted by Gasteiger charge is 2.16. The van der Waals surface area contributed by atoms with Gasteiger partial charge in [0, 0.05) is 13.1 Å². The lowest BCUT2D eigenvalue weighted by molar-refractivity contribution is 0.184. The first-order valence-corrected chi connectivity index (χ1v) is 6.86. The Labute approximate surface area is 116 Å². The third-order valence-electron chi connectivity index (χ3n) is 3.24. The Morgan fingerprint density at radius 3 is 2.47 bits per heavy atom. The molecule has 0 aliphatic heterocycles. The number of benzene rings is 1. The van der Waals surface area contributed by atoms with Gasteiger partial charge in [0.25, 0.3) is 0 Å². The first-order chi connectivity index (χ1) is 9.07. The summed E-state index contributed by atoms with van der Waals surface area (Å²) in [6, 6.07) is 12.6. The average molecular weight is 260 g/mol. The van der Waals surface area contributed by atoms with Crippen LogP contribution in [-0.4, -0.2) is 29.7 Å². The maximum Gasteiger partial charge on any atom is 0.0683 e. The van der Waals surface area contributed by atoms with E-state index in [1.54, 1.807) is 0 Å². The Kier molecular flexibility index (Phi) is 6.55. The minimum Gasteiger partial charge on any atom is -0.395 e. The van der Waals surface area contributed by atoms with Crippen LogP contribution in [0.5, 0.6) is 0 Å². The van der Waals surface area contributed by atoms with E-state index >= 15 is 0 Å². The van der Waals surface area contributed by atoms with Crippen LogP contribution in [0.3, 0.4) is 0 Å². The van der Waals surface area contributed by atoms with E-state index in [2.05, 4.69) is 23.1 Å². The summed E-state index contributed by atoms with van der Waals surface area (Å²) in [7, 11) is 0. The molecule has 1 aromatic rings. The summed E-state index contributed by atoms with van der Waals surface area (Å²) in [6.07, 6.45) is 1.87. The number of rotatable bonds is 8. The van der Waals surface area contributed by atoms with Gasteiger partial charge >= 0.3 is 0 Å². The molecule has 19 heavy (non-hydrogen) atoms. The molecule has 0 aliphatic rings. The van der Waals surface area contributed by atoms with Crippen molar-refractivity contribution in [3.05, 3.63) is 35.9 Å². The van der Waals surface area contributed by atoms with E-state index in [1.807, 2.05) is 32.0 Å². The topological polar surface area (TPSA) is 47.3 Å². The van der Waals surface area contributed by atoms with Gasteiger partial charge in [-0.3, -0.25) is 4.90 Å². The van der Waals surface area contributed by atoms with Gasteiger partial charge in [0.1, 0.15) is 0 Å². The average Bonchev–Trinajstić information content (AvgIpc) is 2.40. The Morgan fingerprint density at radius 2 is 1.89 bits per heavy atom. The van der Waals surface area contributed by atoms with Crippen molar-refractivity contribution in [3.63, 3.8) is 0 Å². The van der Waals surface area contributed by atoms with Crippen molar-refractivity contribution >= 4 is 0 Å². The van der Waals surface area contributed by atoms with Gasteiger partial charge in [-0.2, -0.15) is 5.26 Å². The Bertz CT molecular complexity index is 395. The second-order valence-electron chi connectivity index (χ2n) is 5.58. The Hall–Kier alpha value is -1.37. The van der Waals surface area contributed by atoms with Gasteiger partial charge < -0.3 is 5.11 Å². The van der Waals surface area contributed by atoms with Crippen LogP contribution in [0, 0.1) is 16.7 Å². The molecule has 3 nitrogen and oxygen atoms in total. The summed E-state index contributed by atoms with van der Waals surface area (Å²) in [5.41, 5.74) is 1.01. The van der Waals surface area contributed by atoms with Crippen LogP contribution < -0.4 is 0 Å². The fraction of sp³-hybridized carbons (Fsp3) is 0.562. The van der Waals surface area contributed by atoms with Crippen LogP contribution in [0.15, 0.2) is 30.3 Å². The second-order valence-corrected chi connectivity index (χ2v) is 5.58. The maximum atomic E-state index is 9.13. The molecule has 0 saturated carbocycles. The molecule has 0 fully saturated rings. The standard InChI is InChI=1S/C16H24N2O/c1-16(2,14-17)9-6-10-18(11-12-19)13-15-7-4-3-5-8-15/h3-5,7-8,19H,6,9-13H2,1-2H3. The lowest BCUT2D eigenvalue weighted by Crippen LogP contribution is -2.28. The normalized spacial score (nSPS) is 11.5. The number of hydrogen-bond acceptors (Lipinski definition) is 3. The highest BCUT2D eigenvalue weighted by Crippen LogP contribution is 2.21. The fourth-order valence-electron chi connectivity index (χ4n) is 2.05. The van der Waals surface area contributed by atoms with Gasteiger partial charge in [-0.05, 0) is 38.8 Å². The van der Waals surface area contributed by atoms with Crippen LogP contribution in [0.1, 0.15) is 32.3 Å². The fourth-order valence-corrected chi connectivity index (χ4v) is 2.05. The summed E-state index contributed by atoms with van der Waals surface area (Å²) in [5.74, 6) is 0. The van der Waals surface area contributed by atoms with E-state index in [4.69, 9.17) is 10.4 Å². The second kappa shape index (κ2) is 7.93. The molecular formula is C16H24N2O. The third kappa shape index (κ3) is 6.37. The quantitative estimate of drug-likeness (QED) is 0.782. The third-order valence-corrected chi connectivity index (χ3v) is 3.24. The molecule has 0 atom stereocenters. The van der Waals surface area contributed by atoms with E-state index in [0.29, 0.717) is 6.54 Å². The maximum absolute atomic E-state index is 9.13. The van der Waals surface area contributed by atoms with E-state index in [9.17, 15) is 0 Å². The van der Waals surface area contributed by atoms with Crippen molar-refractivity contribution in [1.29, 1.82) is 5.26 Å². The summed E-state index contributed by atoms with van der Waals surface area (Å²) in [4.78, 5) is 2.24. The van der Waals surface area contributed by atoms with Gasteiger partial charge in [-0.15, -0.1) is 0 Å². The van der Waals surface area contributed by atoms with E-state index in [1.165, 1.54) is 5.56 Å². The van der Waals surface area contributed by atoms with Gasteiger partial charge in [0.2, 0.25) is 0 Å². The number of nitriles is 1. The van der Waals surface area contributed by atoms with Crippen LogP contribution in [0.4, 0.5) is 0 Å². The lowest BCUT2D eigenvalue weighted by atomic mass is 9.90. The highest BCUT2D eigenvalue weighted by molar-refractivity contribution is 5.14. The molecule has 1 N–H and O–H groups in total.